The zero-order valence-corrected chi connectivity index (χ0v) is 9.89. The summed E-state index contributed by atoms with van der Waals surface area (Å²) in [5, 5.41) is 9.89. The maximum atomic E-state index is 9.89. The smallest absolute Gasteiger partial charge is 0.0615 e. The summed E-state index contributed by atoms with van der Waals surface area (Å²) in [5.74, 6) is 0.688. The lowest BCUT2D eigenvalue weighted by molar-refractivity contribution is 0.177. The molecule has 0 fully saturated rings. The van der Waals surface area contributed by atoms with Crippen LogP contribution in [-0.4, -0.2) is 11.2 Å². The maximum absolute atomic E-state index is 9.89. The van der Waals surface area contributed by atoms with Crippen LogP contribution in [0.4, 0.5) is 0 Å². The number of aliphatic hydroxyl groups excluding tert-OH is 1. The lowest BCUT2D eigenvalue weighted by atomic mass is 9.90. The molecule has 0 bridgehead atoms. The molecule has 0 saturated carbocycles. The Kier molecular flexibility index (Phi) is 3.79. The van der Waals surface area contributed by atoms with Crippen LogP contribution in [0.25, 0.3) is 0 Å². The molecule has 2 unspecified atom stereocenters. The van der Waals surface area contributed by atoms with Gasteiger partial charge in [-0.25, -0.2) is 0 Å². The van der Waals surface area contributed by atoms with E-state index in [1.54, 1.807) is 0 Å². The molecule has 1 aromatic rings. The van der Waals surface area contributed by atoms with Gasteiger partial charge < -0.3 is 5.11 Å². The van der Waals surface area contributed by atoms with Crippen LogP contribution in [0.1, 0.15) is 30.9 Å². The van der Waals surface area contributed by atoms with Gasteiger partial charge in [0.15, 0.2) is 0 Å². The molecule has 86 valence electrons. The van der Waals surface area contributed by atoms with E-state index in [1.165, 1.54) is 11.1 Å². The number of benzene rings is 1. The highest BCUT2D eigenvalue weighted by Gasteiger charge is 2.11. The van der Waals surface area contributed by atoms with E-state index in [2.05, 4.69) is 43.3 Å². The number of fused-ring (bicyclic) bond motifs is 1. The summed E-state index contributed by atoms with van der Waals surface area (Å²) in [5.41, 5.74) is 2.72. The molecule has 1 aromatic carbocycles. The molecule has 1 nitrogen and oxygen atoms in total. The molecule has 0 spiro atoms. The normalized spacial score (nSPS) is 28.1. The van der Waals surface area contributed by atoms with Gasteiger partial charge in [0.2, 0.25) is 0 Å². The Morgan fingerprint density at radius 3 is 2.38 bits per heavy atom. The monoisotopic (exact) mass is 216 g/mol. The minimum absolute atomic E-state index is 0.231. The first-order valence-electron chi connectivity index (χ1n) is 6.15. The van der Waals surface area contributed by atoms with E-state index in [0.717, 1.165) is 25.7 Å². The molecule has 16 heavy (non-hydrogen) atoms. The van der Waals surface area contributed by atoms with E-state index in [9.17, 15) is 5.11 Å². The van der Waals surface area contributed by atoms with E-state index in [4.69, 9.17) is 0 Å². The molecular weight excluding hydrogens is 196 g/mol. The van der Waals surface area contributed by atoms with Gasteiger partial charge in [0.05, 0.1) is 6.10 Å². The molecule has 0 heterocycles. The van der Waals surface area contributed by atoms with Crippen molar-refractivity contribution in [3.8, 4) is 0 Å². The summed E-state index contributed by atoms with van der Waals surface area (Å²) in [7, 11) is 0. The minimum atomic E-state index is -0.231. The van der Waals surface area contributed by atoms with Gasteiger partial charge in [-0.3, -0.25) is 0 Å². The van der Waals surface area contributed by atoms with Crippen LogP contribution in [0.5, 0.6) is 0 Å². The molecule has 0 radical (unpaired) electrons. The first-order valence-corrected chi connectivity index (χ1v) is 6.15. The molecule has 1 N–H and O–H groups in total. The van der Waals surface area contributed by atoms with Crippen LogP contribution >= 0.6 is 0 Å². The molecule has 0 aliphatic heterocycles. The van der Waals surface area contributed by atoms with E-state index in [-0.39, 0.29) is 6.10 Å². The van der Waals surface area contributed by atoms with Crippen LogP contribution in [0.15, 0.2) is 36.4 Å². The molecule has 1 aliphatic carbocycles. The van der Waals surface area contributed by atoms with Gasteiger partial charge in [0, 0.05) is 0 Å². The summed E-state index contributed by atoms with van der Waals surface area (Å²) in [4.78, 5) is 0. The third kappa shape index (κ3) is 2.96. The Morgan fingerprint density at radius 1 is 1.00 bits per heavy atom. The second kappa shape index (κ2) is 5.31. The largest absolute Gasteiger partial charge is 0.392 e. The van der Waals surface area contributed by atoms with Gasteiger partial charge in [0.25, 0.3) is 0 Å². The fourth-order valence-corrected chi connectivity index (χ4v) is 2.33. The highest BCUT2D eigenvalue weighted by Crippen LogP contribution is 2.20. The van der Waals surface area contributed by atoms with Crippen molar-refractivity contribution in [2.45, 2.75) is 38.7 Å². The topological polar surface area (TPSA) is 20.2 Å². The quantitative estimate of drug-likeness (QED) is 0.661. The fraction of sp³-hybridized carbons (Fsp3) is 0.467. The molecule has 1 heteroatoms. The van der Waals surface area contributed by atoms with Crippen LogP contribution in [0, 0.1) is 5.92 Å². The summed E-state index contributed by atoms with van der Waals surface area (Å²) < 4.78 is 0. The van der Waals surface area contributed by atoms with E-state index < -0.39 is 0 Å². The van der Waals surface area contributed by atoms with Crippen molar-refractivity contribution < 1.29 is 5.11 Å². The van der Waals surface area contributed by atoms with Gasteiger partial charge in [0.1, 0.15) is 0 Å². The van der Waals surface area contributed by atoms with Crippen LogP contribution in [0.2, 0.25) is 0 Å². The second-order valence-electron chi connectivity index (χ2n) is 4.88. The van der Waals surface area contributed by atoms with Crippen LogP contribution in [0.3, 0.4) is 0 Å². The molecular formula is C15H20O. The van der Waals surface area contributed by atoms with Gasteiger partial charge in [-0.1, -0.05) is 43.3 Å². The fourth-order valence-electron chi connectivity index (χ4n) is 2.33. The third-order valence-corrected chi connectivity index (χ3v) is 3.26. The van der Waals surface area contributed by atoms with Crippen molar-refractivity contribution in [3.05, 3.63) is 47.5 Å². The number of hydrogen-bond acceptors (Lipinski definition) is 1. The Morgan fingerprint density at radius 2 is 1.62 bits per heavy atom. The van der Waals surface area contributed by atoms with Gasteiger partial charge in [-0.15, -0.1) is 0 Å². The predicted octanol–water partition coefficient (Wildman–Crippen LogP) is 3.12. The number of allylic oxidation sites excluding steroid dienone is 1. The predicted molar refractivity (Wildman–Crippen MR) is 67.4 cm³/mol. The van der Waals surface area contributed by atoms with E-state index in [0.29, 0.717) is 5.92 Å². The molecule has 0 saturated heterocycles. The zero-order chi connectivity index (χ0) is 11.4. The first-order chi connectivity index (χ1) is 7.75. The van der Waals surface area contributed by atoms with Gasteiger partial charge in [-0.2, -0.15) is 0 Å². The van der Waals surface area contributed by atoms with E-state index >= 15 is 0 Å². The highest BCUT2D eigenvalue weighted by atomic mass is 16.3. The van der Waals surface area contributed by atoms with Crippen molar-refractivity contribution >= 4 is 0 Å². The Hall–Kier alpha value is -1.08. The molecule has 1 aliphatic rings. The summed E-state index contributed by atoms with van der Waals surface area (Å²) in [6.07, 6.45) is 7.89. The van der Waals surface area contributed by atoms with Crippen molar-refractivity contribution in [2.75, 3.05) is 0 Å². The maximum Gasteiger partial charge on any atom is 0.0615 e. The Balaban J connectivity index is 2.24. The van der Waals surface area contributed by atoms with Crippen molar-refractivity contribution in [1.29, 1.82) is 0 Å². The summed E-state index contributed by atoms with van der Waals surface area (Å²) in [6, 6.07) is 8.51. The molecule has 0 amide bonds. The van der Waals surface area contributed by atoms with Crippen molar-refractivity contribution in [1.82, 2.24) is 0 Å². The van der Waals surface area contributed by atoms with Crippen LogP contribution in [-0.2, 0) is 12.8 Å². The van der Waals surface area contributed by atoms with Crippen molar-refractivity contribution in [3.63, 3.8) is 0 Å². The molecule has 2 atom stereocenters. The number of rotatable bonds is 0. The first kappa shape index (κ1) is 11.4. The average molecular weight is 216 g/mol. The minimum Gasteiger partial charge on any atom is -0.392 e. The molecule has 0 aromatic heterocycles. The Labute approximate surface area is 97.8 Å². The number of hydrogen-bond donors (Lipinski definition) is 1. The number of aliphatic hydroxyl groups is 1. The van der Waals surface area contributed by atoms with Crippen molar-refractivity contribution in [2.24, 2.45) is 5.92 Å². The second-order valence-corrected chi connectivity index (χ2v) is 4.88. The third-order valence-electron chi connectivity index (χ3n) is 3.26. The Bertz CT molecular complexity index is 332. The summed E-state index contributed by atoms with van der Waals surface area (Å²) in [6.45, 7) is 2.29. The standard InChI is InChI=1S/C15H20O/c1-12-6-2-5-9-15(16)11-14-8-4-3-7-13(14)10-12/h2-5,7-8,12,15-16H,6,9-11H2,1H3/b5-2-. The van der Waals surface area contributed by atoms with Crippen LogP contribution < -0.4 is 0 Å². The van der Waals surface area contributed by atoms with E-state index in [1.807, 2.05) is 0 Å². The lowest BCUT2D eigenvalue weighted by Crippen LogP contribution is -2.13. The van der Waals surface area contributed by atoms with Gasteiger partial charge >= 0.3 is 0 Å². The SMILES string of the molecule is CC1C/C=C\CC(O)Cc2ccccc2C1. The highest BCUT2D eigenvalue weighted by molar-refractivity contribution is 5.28. The average Bonchev–Trinajstić information content (AvgIpc) is 2.27. The lowest BCUT2D eigenvalue weighted by Gasteiger charge is -2.17. The molecule has 2 rings (SSSR count). The summed E-state index contributed by atoms with van der Waals surface area (Å²) >= 11 is 0. The van der Waals surface area contributed by atoms with Gasteiger partial charge in [-0.05, 0) is 42.7 Å². The zero-order valence-electron chi connectivity index (χ0n) is 9.89.